The zero-order chi connectivity index (χ0) is 25.0. The monoisotopic (exact) mass is 477 g/mol. The first-order valence-electron chi connectivity index (χ1n) is 10.6. The average molecular weight is 478 g/mol. The predicted octanol–water partition coefficient (Wildman–Crippen LogP) is 3.23. The Bertz CT molecular complexity index is 1100. The summed E-state index contributed by atoms with van der Waals surface area (Å²) in [4.78, 5) is 27.4. The molecule has 0 aliphatic rings. The first-order valence-corrected chi connectivity index (χ1v) is 12.4. The summed E-state index contributed by atoms with van der Waals surface area (Å²) >= 11 is 0. The van der Waals surface area contributed by atoms with E-state index < -0.39 is 45.8 Å². The van der Waals surface area contributed by atoms with Crippen LogP contribution in [0.15, 0.2) is 48.5 Å². The molecule has 2 aromatic rings. The van der Waals surface area contributed by atoms with Gasteiger partial charge in [0.2, 0.25) is 21.8 Å². The lowest BCUT2D eigenvalue weighted by Gasteiger charge is -2.33. The molecule has 0 saturated heterocycles. The molecule has 0 aliphatic carbocycles. The van der Waals surface area contributed by atoms with Crippen molar-refractivity contribution >= 4 is 27.5 Å². The van der Waals surface area contributed by atoms with Crippen LogP contribution in [0.25, 0.3) is 0 Å². The molecule has 33 heavy (non-hydrogen) atoms. The smallest absolute Gasteiger partial charge is 0.244 e. The van der Waals surface area contributed by atoms with Crippen LogP contribution in [0.3, 0.4) is 0 Å². The van der Waals surface area contributed by atoms with E-state index in [1.54, 1.807) is 30.3 Å². The normalized spacial score (nSPS) is 12.7. The highest BCUT2D eigenvalue weighted by Gasteiger charge is 2.31. The van der Waals surface area contributed by atoms with Crippen molar-refractivity contribution in [2.24, 2.45) is 0 Å². The molecule has 0 saturated carbocycles. The second kappa shape index (κ2) is 10.3. The van der Waals surface area contributed by atoms with Gasteiger partial charge in [-0.25, -0.2) is 12.8 Å². The molecule has 1 N–H and O–H groups in total. The summed E-state index contributed by atoms with van der Waals surface area (Å²) in [5.41, 5.74) is 0.947. The van der Waals surface area contributed by atoms with Crippen molar-refractivity contribution in [3.05, 3.63) is 65.5 Å². The minimum atomic E-state index is -3.80. The van der Waals surface area contributed by atoms with Crippen LogP contribution in [-0.4, -0.2) is 49.5 Å². The van der Waals surface area contributed by atoms with Gasteiger partial charge in [-0.3, -0.25) is 13.9 Å². The van der Waals surface area contributed by atoms with Crippen LogP contribution >= 0.6 is 0 Å². The van der Waals surface area contributed by atoms with Crippen molar-refractivity contribution in [3.8, 4) is 0 Å². The topological polar surface area (TPSA) is 86.8 Å². The Kier molecular flexibility index (Phi) is 8.24. The van der Waals surface area contributed by atoms with Gasteiger partial charge in [0.1, 0.15) is 18.4 Å². The van der Waals surface area contributed by atoms with Crippen LogP contribution in [0.1, 0.15) is 38.8 Å². The standard InChI is InChI=1S/C24H32FN3O4S/c1-17-11-13-20(14-12-17)28(33(6,31)32)16-22(29)27(15-19-9-7-8-10-21(19)25)18(2)23(30)26-24(3,4)5/h7-14,18H,15-16H2,1-6H3,(H,26,30)/t18-/m0/s1. The van der Waals surface area contributed by atoms with E-state index in [1.807, 2.05) is 27.7 Å². The number of carbonyl (C=O) groups is 2. The Hall–Kier alpha value is -2.94. The van der Waals surface area contributed by atoms with Gasteiger partial charge in [0.05, 0.1) is 11.9 Å². The maximum Gasteiger partial charge on any atom is 0.244 e. The zero-order valence-corrected chi connectivity index (χ0v) is 20.7. The number of carbonyl (C=O) groups excluding carboxylic acids is 2. The largest absolute Gasteiger partial charge is 0.350 e. The summed E-state index contributed by atoms with van der Waals surface area (Å²) in [5, 5.41) is 2.82. The molecule has 0 unspecified atom stereocenters. The van der Waals surface area contributed by atoms with Crippen LogP contribution in [0.2, 0.25) is 0 Å². The lowest BCUT2D eigenvalue weighted by atomic mass is 10.1. The Balaban J connectivity index is 2.41. The molecule has 0 aliphatic heterocycles. The van der Waals surface area contributed by atoms with Gasteiger partial charge in [-0.15, -0.1) is 0 Å². The van der Waals surface area contributed by atoms with Crippen molar-refractivity contribution in [1.29, 1.82) is 0 Å². The average Bonchev–Trinajstić information content (AvgIpc) is 2.69. The molecule has 1 atom stereocenters. The number of hydrogen-bond donors (Lipinski definition) is 1. The van der Waals surface area contributed by atoms with E-state index in [0.717, 1.165) is 16.1 Å². The summed E-state index contributed by atoms with van der Waals surface area (Å²) in [6.45, 7) is 8.12. The summed E-state index contributed by atoms with van der Waals surface area (Å²) in [7, 11) is -3.80. The number of aryl methyl sites for hydroxylation is 1. The third-order valence-electron chi connectivity index (χ3n) is 4.97. The predicted molar refractivity (Wildman–Crippen MR) is 128 cm³/mol. The van der Waals surface area contributed by atoms with Crippen LogP contribution in [0.4, 0.5) is 10.1 Å². The summed E-state index contributed by atoms with van der Waals surface area (Å²) in [6.07, 6.45) is 1.01. The number of halogens is 1. The van der Waals surface area contributed by atoms with Crippen molar-refractivity contribution in [3.63, 3.8) is 0 Å². The molecule has 0 aromatic heterocycles. The third kappa shape index (κ3) is 7.56. The molecule has 2 aromatic carbocycles. The first kappa shape index (κ1) is 26.3. The van der Waals surface area contributed by atoms with Crippen molar-refractivity contribution in [2.75, 3.05) is 17.1 Å². The lowest BCUT2D eigenvalue weighted by Crippen LogP contribution is -2.54. The van der Waals surface area contributed by atoms with Gasteiger partial charge < -0.3 is 10.2 Å². The molecule has 9 heteroatoms. The summed E-state index contributed by atoms with van der Waals surface area (Å²) in [6, 6.07) is 11.7. The van der Waals surface area contributed by atoms with Gasteiger partial charge in [-0.05, 0) is 52.8 Å². The highest BCUT2D eigenvalue weighted by Crippen LogP contribution is 2.20. The fraction of sp³-hybridized carbons (Fsp3) is 0.417. The van der Waals surface area contributed by atoms with Gasteiger partial charge in [-0.2, -0.15) is 0 Å². The molecule has 0 bridgehead atoms. The number of anilines is 1. The lowest BCUT2D eigenvalue weighted by molar-refractivity contribution is -0.140. The third-order valence-corrected chi connectivity index (χ3v) is 6.11. The Morgan fingerprint density at radius 3 is 2.15 bits per heavy atom. The number of nitrogens with zero attached hydrogens (tertiary/aromatic N) is 2. The molecule has 180 valence electrons. The van der Waals surface area contributed by atoms with Gasteiger partial charge in [0, 0.05) is 17.6 Å². The molecular formula is C24H32FN3O4S. The van der Waals surface area contributed by atoms with Crippen molar-refractivity contribution in [2.45, 2.75) is 52.7 Å². The maximum atomic E-state index is 14.4. The van der Waals surface area contributed by atoms with Gasteiger partial charge in [-0.1, -0.05) is 35.9 Å². The van der Waals surface area contributed by atoms with Crippen LogP contribution in [0, 0.1) is 12.7 Å². The number of amides is 2. The molecule has 2 rings (SSSR count). The number of benzene rings is 2. The van der Waals surface area contributed by atoms with E-state index in [9.17, 15) is 22.4 Å². The number of rotatable bonds is 8. The van der Waals surface area contributed by atoms with E-state index in [4.69, 9.17) is 0 Å². The number of nitrogens with one attached hydrogen (secondary N) is 1. The zero-order valence-electron chi connectivity index (χ0n) is 19.9. The van der Waals surface area contributed by atoms with E-state index in [1.165, 1.54) is 30.0 Å². The van der Waals surface area contributed by atoms with Crippen LogP contribution < -0.4 is 9.62 Å². The molecule has 0 spiro atoms. The minimum absolute atomic E-state index is 0.185. The molecule has 0 fully saturated rings. The fourth-order valence-corrected chi connectivity index (χ4v) is 4.04. The quantitative estimate of drug-likeness (QED) is 0.633. The molecule has 2 amide bonds. The Labute approximate surface area is 195 Å². The minimum Gasteiger partial charge on any atom is -0.350 e. The molecule has 0 heterocycles. The SMILES string of the molecule is Cc1ccc(N(CC(=O)N(Cc2ccccc2F)[C@@H](C)C(=O)NC(C)(C)C)S(C)(=O)=O)cc1. The van der Waals surface area contributed by atoms with E-state index >= 15 is 0 Å². The maximum absolute atomic E-state index is 14.4. The van der Waals surface area contributed by atoms with Crippen molar-refractivity contribution in [1.82, 2.24) is 10.2 Å². The van der Waals surface area contributed by atoms with Gasteiger partial charge >= 0.3 is 0 Å². The fourth-order valence-electron chi connectivity index (χ4n) is 3.19. The van der Waals surface area contributed by atoms with E-state index in [-0.39, 0.29) is 12.1 Å². The molecular weight excluding hydrogens is 445 g/mol. The Morgan fingerprint density at radius 1 is 1.06 bits per heavy atom. The first-order chi connectivity index (χ1) is 15.2. The number of hydrogen-bond acceptors (Lipinski definition) is 4. The van der Waals surface area contributed by atoms with Gasteiger partial charge in [0.15, 0.2) is 0 Å². The molecule has 0 radical (unpaired) electrons. The van der Waals surface area contributed by atoms with E-state index in [0.29, 0.717) is 5.69 Å². The second-order valence-corrected chi connectivity index (χ2v) is 11.0. The van der Waals surface area contributed by atoms with Crippen molar-refractivity contribution < 1.29 is 22.4 Å². The summed E-state index contributed by atoms with van der Waals surface area (Å²) in [5.74, 6) is -1.56. The summed E-state index contributed by atoms with van der Waals surface area (Å²) < 4.78 is 40.3. The highest BCUT2D eigenvalue weighted by molar-refractivity contribution is 7.92. The van der Waals surface area contributed by atoms with Crippen LogP contribution in [0.5, 0.6) is 0 Å². The van der Waals surface area contributed by atoms with Crippen LogP contribution in [-0.2, 0) is 26.2 Å². The highest BCUT2D eigenvalue weighted by atomic mass is 32.2. The molecule has 7 nitrogen and oxygen atoms in total. The second-order valence-electron chi connectivity index (χ2n) is 9.13. The Morgan fingerprint density at radius 2 is 1.64 bits per heavy atom. The number of sulfonamides is 1. The van der Waals surface area contributed by atoms with E-state index in [2.05, 4.69) is 5.32 Å². The van der Waals surface area contributed by atoms with Gasteiger partial charge in [0.25, 0.3) is 0 Å².